The number of nitrogens with zero attached hydrogens (tertiary/aromatic N) is 2. The molecule has 0 aliphatic carbocycles. The van der Waals surface area contributed by atoms with Crippen LogP contribution in [-0.2, 0) is 10.0 Å². The van der Waals surface area contributed by atoms with Gasteiger partial charge < -0.3 is 4.74 Å². The molecule has 2 aromatic rings. The fourth-order valence-electron chi connectivity index (χ4n) is 1.36. The van der Waals surface area contributed by atoms with Gasteiger partial charge >= 0.3 is 0 Å². The van der Waals surface area contributed by atoms with E-state index in [1.807, 2.05) is 0 Å². The molecule has 1 heterocycles. The minimum atomic E-state index is -3.64. The minimum absolute atomic E-state index is 0.176. The van der Waals surface area contributed by atoms with Gasteiger partial charge in [0.2, 0.25) is 5.13 Å². The molecule has 0 saturated carbocycles. The molecule has 0 bridgehead atoms. The smallest absolute Gasteiger partial charge is 0.295 e. The van der Waals surface area contributed by atoms with Gasteiger partial charge in [-0.2, -0.15) is 0 Å². The molecule has 0 atom stereocenters. The number of aryl methyl sites for hydroxylation is 1. The molecule has 0 aliphatic heterocycles. The molecule has 1 N–H and O–H groups in total. The summed E-state index contributed by atoms with van der Waals surface area (Å²) in [6.45, 7) is 1.73. The van der Waals surface area contributed by atoms with Crippen LogP contribution >= 0.6 is 11.3 Å². The van der Waals surface area contributed by atoms with Crippen molar-refractivity contribution in [2.75, 3.05) is 11.8 Å². The lowest BCUT2D eigenvalue weighted by Crippen LogP contribution is -2.13. The molecule has 6 nitrogen and oxygen atoms in total. The van der Waals surface area contributed by atoms with Crippen molar-refractivity contribution in [3.05, 3.63) is 29.8 Å². The molecule has 96 valence electrons. The lowest BCUT2D eigenvalue weighted by Gasteiger charge is -2.06. The van der Waals surface area contributed by atoms with Gasteiger partial charge in [0, 0.05) is 0 Å². The second-order valence-corrected chi connectivity index (χ2v) is 6.04. The summed E-state index contributed by atoms with van der Waals surface area (Å²) in [6, 6.07) is 6.72. The Labute approximate surface area is 109 Å². The van der Waals surface area contributed by atoms with Crippen molar-refractivity contribution in [1.29, 1.82) is 0 Å². The van der Waals surface area contributed by atoms with Crippen LogP contribution < -0.4 is 9.46 Å². The number of anilines is 1. The summed E-state index contributed by atoms with van der Waals surface area (Å²) in [6.07, 6.45) is 0. The zero-order chi connectivity index (χ0) is 13.2. The number of methoxy groups -OCH3 is 1. The number of nitrogens with one attached hydrogen (secondary N) is 1. The Morgan fingerprint density at radius 1 is 1.28 bits per heavy atom. The maximum atomic E-state index is 12.1. The zero-order valence-electron chi connectivity index (χ0n) is 9.75. The number of rotatable bonds is 4. The average molecular weight is 285 g/mol. The van der Waals surface area contributed by atoms with Gasteiger partial charge in [0.1, 0.15) is 0 Å². The molecule has 0 fully saturated rings. The molecular formula is C10H11N3O3S2. The highest BCUT2D eigenvalue weighted by Gasteiger charge is 2.18. The van der Waals surface area contributed by atoms with E-state index in [1.54, 1.807) is 25.1 Å². The monoisotopic (exact) mass is 285 g/mol. The van der Waals surface area contributed by atoms with Gasteiger partial charge in [-0.05, 0) is 29.9 Å². The van der Waals surface area contributed by atoms with Crippen molar-refractivity contribution in [2.24, 2.45) is 0 Å². The van der Waals surface area contributed by atoms with Gasteiger partial charge in [-0.15, -0.1) is 5.10 Å². The van der Waals surface area contributed by atoms with Gasteiger partial charge in [-0.3, -0.25) is 4.72 Å². The summed E-state index contributed by atoms with van der Waals surface area (Å²) in [7, 11) is -2.19. The SMILES string of the molecule is COc1nnc(NS(=O)(=O)c2ccccc2C)s1. The van der Waals surface area contributed by atoms with E-state index in [-0.39, 0.29) is 10.0 Å². The summed E-state index contributed by atoms with van der Waals surface area (Å²) in [4.78, 5) is 0.221. The number of sulfonamides is 1. The van der Waals surface area contributed by atoms with Gasteiger partial charge in [-0.1, -0.05) is 23.3 Å². The molecule has 0 radical (unpaired) electrons. The summed E-state index contributed by atoms with van der Waals surface area (Å²) in [5, 5.41) is 7.81. The van der Waals surface area contributed by atoms with Crippen LogP contribution in [0.4, 0.5) is 5.13 Å². The third kappa shape index (κ3) is 2.59. The van der Waals surface area contributed by atoms with Crippen molar-refractivity contribution < 1.29 is 13.2 Å². The highest BCUT2D eigenvalue weighted by Crippen LogP contribution is 2.25. The molecule has 0 unspecified atom stereocenters. The van der Waals surface area contributed by atoms with Crippen LogP contribution in [0.2, 0.25) is 0 Å². The highest BCUT2D eigenvalue weighted by atomic mass is 32.2. The van der Waals surface area contributed by atoms with Gasteiger partial charge in [0.15, 0.2) is 0 Å². The lowest BCUT2D eigenvalue weighted by atomic mass is 10.2. The number of benzene rings is 1. The topological polar surface area (TPSA) is 81.2 Å². The van der Waals surface area contributed by atoms with Crippen molar-refractivity contribution in [3.8, 4) is 5.19 Å². The van der Waals surface area contributed by atoms with Gasteiger partial charge in [-0.25, -0.2) is 8.42 Å². The fourth-order valence-corrected chi connectivity index (χ4v) is 3.40. The Morgan fingerprint density at radius 3 is 2.61 bits per heavy atom. The summed E-state index contributed by atoms with van der Waals surface area (Å²) < 4.78 is 31.4. The second-order valence-electron chi connectivity index (χ2n) is 3.45. The Morgan fingerprint density at radius 2 is 2.00 bits per heavy atom. The number of ether oxygens (including phenoxy) is 1. The largest absolute Gasteiger partial charge is 0.472 e. The molecule has 0 saturated heterocycles. The summed E-state index contributed by atoms with van der Waals surface area (Å²) >= 11 is 1.03. The number of hydrogen-bond acceptors (Lipinski definition) is 6. The van der Waals surface area contributed by atoms with Crippen molar-refractivity contribution in [1.82, 2.24) is 10.2 Å². The number of hydrogen-bond donors (Lipinski definition) is 1. The Hall–Kier alpha value is -1.67. The van der Waals surface area contributed by atoms with Crippen LogP contribution in [0.5, 0.6) is 5.19 Å². The highest BCUT2D eigenvalue weighted by molar-refractivity contribution is 7.93. The molecule has 0 aliphatic rings. The first kappa shape index (κ1) is 12.8. The van der Waals surface area contributed by atoms with E-state index in [0.717, 1.165) is 11.3 Å². The first-order valence-corrected chi connectivity index (χ1v) is 7.29. The fraction of sp³-hybridized carbons (Fsp3) is 0.200. The molecule has 18 heavy (non-hydrogen) atoms. The maximum Gasteiger partial charge on any atom is 0.295 e. The quantitative estimate of drug-likeness (QED) is 0.924. The zero-order valence-corrected chi connectivity index (χ0v) is 11.4. The molecule has 8 heteroatoms. The molecular weight excluding hydrogens is 274 g/mol. The first-order valence-electron chi connectivity index (χ1n) is 4.99. The predicted molar refractivity (Wildman–Crippen MR) is 68.4 cm³/mol. The van der Waals surface area contributed by atoms with Crippen molar-refractivity contribution in [2.45, 2.75) is 11.8 Å². The van der Waals surface area contributed by atoms with Crippen LogP contribution in [0.25, 0.3) is 0 Å². The van der Waals surface area contributed by atoms with Crippen molar-refractivity contribution >= 4 is 26.5 Å². The van der Waals surface area contributed by atoms with Crippen LogP contribution in [0.3, 0.4) is 0 Å². The normalized spacial score (nSPS) is 11.2. The Bertz CT molecular complexity index is 652. The molecule has 0 spiro atoms. The lowest BCUT2D eigenvalue weighted by molar-refractivity contribution is 0.407. The second kappa shape index (κ2) is 4.91. The predicted octanol–water partition coefficient (Wildman–Crippen LogP) is 1.66. The molecule has 2 rings (SSSR count). The third-order valence-corrected chi connectivity index (χ3v) is 4.61. The van der Waals surface area contributed by atoms with Crippen LogP contribution in [0.1, 0.15) is 5.56 Å². The van der Waals surface area contributed by atoms with E-state index in [9.17, 15) is 8.42 Å². The van der Waals surface area contributed by atoms with Gasteiger partial charge in [0.25, 0.3) is 15.2 Å². The average Bonchev–Trinajstić information content (AvgIpc) is 2.76. The van der Waals surface area contributed by atoms with E-state index in [2.05, 4.69) is 14.9 Å². The Balaban J connectivity index is 2.30. The van der Waals surface area contributed by atoms with Crippen LogP contribution in [0, 0.1) is 6.92 Å². The number of aromatic nitrogens is 2. The maximum absolute atomic E-state index is 12.1. The van der Waals surface area contributed by atoms with E-state index in [0.29, 0.717) is 10.8 Å². The van der Waals surface area contributed by atoms with E-state index in [4.69, 9.17) is 4.74 Å². The van der Waals surface area contributed by atoms with Crippen LogP contribution in [-0.4, -0.2) is 25.7 Å². The van der Waals surface area contributed by atoms with E-state index < -0.39 is 10.0 Å². The first-order chi connectivity index (χ1) is 8.53. The van der Waals surface area contributed by atoms with Crippen LogP contribution in [0.15, 0.2) is 29.2 Å². The summed E-state index contributed by atoms with van der Waals surface area (Å²) in [5.74, 6) is 0. The van der Waals surface area contributed by atoms with E-state index >= 15 is 0 Å². The molecule has 1 aromatic heterocycles. The molecule has 1 aromatic carbocycles. The summed E-state index contributed by atoms with van der Waals surface area (Å²) in [5.41, 5.74) is 0.668. The molecule has 0 amide bonds. The Kier molecular flexibility index (Phi) is 3.48. The van der Waals surface area contributed by atoms with Gasteiger partial charge in [0.05, 0.1) is 12.0 Å². The third-order valence-electron chi connectivity index (χ3n) is 2.19. The minimum Gasteiger partial charge on any atom is -0.472 e. The van der Waals surface area contributed by atoms with Crippen molar-refractivity contribution in [3.63, 3.8) is 0 Å². The standard InChI is InChI=1S/C10H11N3O3S2/c1-7-5-3-4-6-8(7)18(14,15)13-9-11-12-10(16-2)17-9/h3-6H,1-2H3,(H,11,13). The van der Waals surface area contributed by atoms with E-state index in [1.165, 1.54) is 13.2 Å².